The van der Waals surface area contributed by atoms with Gasteiger partial charge in [-0.25, -0.2) is 0 Å². The van der Waals surface area contributed by atoms with Crippen molar-refractivity contribution in [1.29, 1.82) is 0 Å². The summed E-state index contributed by atoms with van der Waals surface area (Å²) < 4.78 is 0. The predicted molar refractivity (Wildman–Crippen MR) is 59.0 cm³/mol. The van der Waals surface area contributed by atoms with Crippen molar-refractivity contribution < 1.29 is 5.11 Å². The normalized spacial score (nSPS) is 12.0. The summed E-state index contributed by atoms with van der Waals surface area (Å²) in [4.78, 5) is 0. The first kappa shape index (κ1) is 12.5. The number of unbranched alkanes of at least 4 members (excludes halogenated alkanes) is 5. The van der Waals surface area contributed by atoms with Gasteiger partial charge >= 0.3 is 0 Å². The second-order valence-electron chi connectivity index (χ2n) is 3.65. The molecule has 0 unspecified atom stereocenters. The fraction of sp³-hybridized carbons (Fsp3) is 0.833. The molecule has 0 radical (unpaired) electrons. The number of hydrogen-bond donors (Lipinski definition) is 1. The minimum atomic E-state index is 0.596. The van der Waals surface area contributed by atoms with Gasteiger partial charge in [-0.1, -0.05) is 46.0 Å². The van der Waals surface area contributed by atoms with E-state index in [1.54, 1.807) is 0 Å². The summed E-state index contributed by atoms with van der Waals surface area (Å²) >= 11 is 0. The van der Waals surface area contributed by atoms with E-state index in [1.165, 1.54) is 25.7 Å². The van der Waals surface area contributed by atoms with Gasteiger partial charge in [-0.2, -0.15) is 0 Å². The van der Waals surface area contributed by atoms with Crippen LogP contribution in [-0.2, 0) is 0 Å². The second-order valence-corrected chi connectivity index (χ2v) is 3.65. The molecule has 78 valence electrons. The molecule has 0 fully saturated rings. The fourth-order valence-electron chi connectivity index (χ4n) is 1.32. The van der Waals surface area contributed by atoms with Crippen LogP contribution >= 0.6 is 0 Å². The van der Waals surface area contributed by atoms with Gasteiger partial charge in [-0.05, 0) is 18.9 Å². The summed E-state index contributed by atoms with van der Waals surface area (Å²) in [5, 5.41) is 9.40. The summed E-state index contributed by atoms with van der Waals surface area (Å²) in [5.41, 5.74) is 0. The SMILES string of the molecule is CCCC=C(O)CCCCCCC. The zero-order chi connectivity index (χ0) is 9.94. The highest BCUT2D eigenvalue weighted by atomic mass is 16.3. The van der Waals surface area contributed by atoms with E-state index in [0.717, 1.165) is 25.7 Å². The molecule has 13 heavy (non-hydrogen) atoms. The molecular formula is C12H24O. The van der Waals surface area contributed by atoms with Crippen LogP contribution in [-0.4, -0.2) is 5.11 Å². The van der Waals surface area contributed by atoms with Crippen LogP contribution in [0.1, 0.15) is 65.2 Å². The quantitative estimate of drug-likeness (QED) is 0.432. The van der Waals surface area contributed by atoms with Gasteiger partial charge in [-0.15, -0.1) is 0 Å². The van der Waals surface area contributed by atoms with Gasteiger partial charge in [0.2, 0.25) is 0 Å². The van der Waals surface area contributed by atoms with E-state index in [9.17, 15) is 5.11 Å². The summed E-state index contributed by atoms with van der Waals surface area (Å²) in [7, 11) is 0. The lowest BCUT2D eigenvalue weighted by molar-refractivity contribution is 0.377. The Kier molecular flexibility index (Phi) is 9.29. The Morgan fingerprint density at radius 3 is 2.31 bits per heavy atom. The van der Waals surface area contributed by atoms with Crippen LogP contribution in [0.3, 0.4) is 0 Å². The van der Waals surface area contributed by atoms with Gasteiger partial charge in [-0.3, -0.25) is 0 Å². The van der Waals surface area contributed by atoms with Gasteiger partial charge in [0.15, 0.2) is 0 Å². The van der Waals surface area contributed by atoms with Gasteiger partial charge in [0.25, 0.3) is 0 Å². The number of rotatable bonds is 8. The lowest BCUT2D eigenvalue weighted by atomic mass is 10.1. The highest BCUT2D eigenvalue weighted by Gasteiger charge is 1.93. The van der Waals surface area contributed by atoms with Crippen LogP contribution in [0.25, 0.3) is 0 Å². The van der Waals surface area contributed by atoms with Crippen LogP contribution in [0.4, 0.5) is 0 Å². The van der Waals surface area contributed by atoms with Crippen LogP contribution < -0.4 is 0 Å². The third-order valence-corrected chi connectivity index (χ3v) is 2.21. The molecule has 0 aliphatic rings. The molecule has 0 spiro atoms. The molecule has 0 bridgehead atoms. The first-order valence-electron chi connectivity index (χ1n) is 5.69. The molecule has 0 heterocycles. The van der Waals surface area contributed by atoms with Crippen LogP contribution in [0.5, 0.6) is 0 Å². The minimum absolute atomic E-state index is 0.596. The molecule has 0 aromatic carbocycles. The molecule has 0 amide bonds. The Morgan fingerprint density at radius 1 is 1.00 bits per heavy atom. The molecule has 0 atom stereocenters. The summed E-state index contributed by atoms with van der Waals surface area (Å²) in [5.74, 6) is 0.596. The van der Waals surface area contributed by atoms with Gasteiger partial charge in [0.05, 0.1) is 5.76 Å². The fourth-order valence-corrected chi connectivity index (χ4v) is 1.32. The maximum atomic E-state index is 9.40. The molecule has 0 aliphatic carbocycles. The van der Waals surface area contributed by atoms with E-state index in [1.807, 2.05) is 6.08 Å². The zero-order valence-corrected chi connectivity index (χ0v) is 9.18. The van der Waals surface area contributed by atoms with Crippen molar-refractivity contribution in [2.75, 3.05) is 0 Å². The van der Waals surface area contributed by atoms with Gasteiger partial charge < -0.3 is 5.11 Å². The maximum Gasteiger partial charge on any atom is 0.0882 e. The molecule has 0 aliphatic heterocycles. The standard InChI is InChI=1S/C12H24O/c1-3-5-7-8-9-11-12(13)10-6-4-2/h10,13H,3-9,11H2,1-2H3. The minimum Gasteiger partial charge on any atom is -0.513 e. The highest BCUT2D eigenvalue weighted by Crippen LogP contribution is 2.09. The van der Waals surface area contributed by atoms with Gasteiger partial charge in [0, 0.05) is 6.42 Å². The lowest BCUT2D eigenvalue weighted by Crippen LogP contribution is -1.83. The number of allylic oxidation sites excluding steroid dienone is 2. The Morgan fingerprint density at radius 2 is 1.69 bits per heavy atom. The first-order valence-corrected chi connectivity index (χ1v) is 5.69. The van der Waals surface area contributed by atoms with Crippen molar-refractivity contribution in [3.05, 3.63) is 11.8 Å². The second kappa shape index (κ2) is 9.63. The molecule has 1 heteroatoms. The molecule has 1 nitrogen and oxygen atoms in total. The average molecular weight is 184 g/mol. The summed E-state index contributed by atoms with van der Waals surface area (Å²) in [6.45, 7) is 4.35. The third-order valence-electron chi connectivity index (χ3n) is 2.21. The van der Waals surface area contributed by atoms with E-state index < -0.39 is 0 Å². The van der Waals surface area contributed by atoms with Crippen molar-refractivity contribution in [1.82, 2.24) is 0 Å². The Bertz CT molecular complexity index is 127. The topological polar surface area (TPSA) is 20.2 Å². The van der Waals surface area contributed by atoms with E-state index in [0.29, 0.717) is 5.76 Å². The molecular weight excluding hydrogens is 160 g/mol. The predicted octanol–water partition coefficient (Wildman–Crippen LogP) is 4.59. The lowest BCUT2D eigenvalue weighted by Gasteiger charge is -2.00. The molecule has 0 rings (SSSR count). The van der Waals surface area contributed by atoms with Crippen LogP contribution in [0, 0.1) is 0 Å². The van der Waals surface area contributed by atoms with E-state index in [2.05, 4.69) is 13.8 Å². The Balaban J connectivity index is 3.21. The number of aliphatic hydroxyl groups is 1. The Labute approximate surface area is 82.9 Å². The van der Waals surface area contributed by atoms with Crippen molar-refractivity contribution >= 4 is 0 Å². The molecule has 0 aromatic rings. The zero-order valence-electron chi connectivity index (χ0n) is 9.18. The molecule has 0 aromatic heterocycles. The Hall–Kier alpha value is -0.460. The van der Waals surface area contributed by atoms with E-state index in [-0.39, 0.29) is 0 Å². The van der Waals surface area contributed by atoms with Crippen LogP contribution in [0.2, 0.25) is 0 Å². The van der Waals surface area contributed by atoms with Crippen molar-refractivity contribution in [3.63, 3.8) is 0 Å². The summed E-state index contributed by atoms with van der Waals surface area (Å²) in [6, 6.07) is 0. The van der Waals surface area contributed by atoms with Crippen molar-refractivity contribution in [3.8, 4) is 0 Å². The van der Waals surface area contributed by atoms with E-state index >= 15 is 0 Å². The maximum absolute atomic E-state index is 9.40. The number of aliphatic hydroxyl groups excluding tert-OH is 1. The first-order chi connectivity index (χ1) is 6.31. The highest BCUT2D eigenvalue weighted by molar-refractivity contribution is 4.89. The van der Waals surface area contributed by atoms with Gasteiger partial charge in [0.1, 0.15) is 0 Å². The van der Waals surface area contributed by atoms with Crippen molar-refractivity contribution in [2.24, 2.45) is 0 Å². The average Bonchev–Trinajstić information content (AvgIpc) is 2.14. The monoisotopic (exact) mass is 184 g/mol. The number of hydrogen-bond acceptors (Lipinski definition) is 1. The van der Waals surface area contributed by atoms with Crippen LogP contribution in [0.15, 0.2) is 11.8 Å². The van der Waals surface area contributed by atoms with E-state index in [4.69, 9.17) is 0 Å². The summed E-state index contributed by atoms with van der Waals surface area (Å²) in [6.07, 6.45) is 11.3. The third kappa shape index (κ3) is 9.45. The molecule has 0 saturated heterocycles. The molecule has 0 saturated carbocycles. The molecule has 1 N–H and O–H groups in total. The largest absolute Gasteiger partial charge is 0.513 e. The smallest absolute Gasteiger partial charge is 0.0882 e. The van der Waals surface area contributed by atoms with Crippen molar-refractivity contribution in [2.45, 2.75) is 65.2 Å².